The van der Waals surface area contributed by atoms with Crippen molar-refractivity contribution in [2.24, 2.45) is 0 Å². The van der Waals surface area contributed by atoms with Crippen LogP contribution < -0.4 is 0 Å². The predicted molar refractivity (Wildman–Crippen MR) is 75.8 cm³/mol. The Morgan fingerprint density at radius 3 is 2.63 bits per heavy atom. The topological polar surface area (TPSA) is 60.8 Å². The van der Waals surface area contributed by atoms with Gasteiger partial charge in [-0.1, -0.05) is 42.1 Å². The molecule has 1 aromatic rings. The van der Waals surface area contributed by atoms with Crippen LogP contribution in [0.4, 0.5) is 0 Å². The molecule has 19 heavy (non-hydrogen) atoms. The van der Waals surface area contributed by atoms with Crippen LogP contribution in [0, 0.1) is 0 Å². The molecule has 0 unspecified atom stereocenters. The number of rotatable bonds is 3. The van der Waals surface area contributed by atoms with Crippen LogP contribution in [-0.2, 0) is 11.3 Å². The van der Waals surface area contributed by atoms with E-state index in [0.717, 1.165) is 23.9 Å². The largest absolute Gasteiger partial charge is 0.389 e. The van der Waals surface area contributed by atoms with Gasteiger partial charge in [0, 0.05) is 26.6 Å². The quantitative estimate of drug-likeness (QED) is 0.861. The highest BCUT2D eigenvalue weighted by molar-refractivity contribution is 8.14. The Hall–Kier alpha value is -0.880. The van der Waals surface area contributed by atoms with Crippen LogP contribution in [0.3, 0.4) is 0 Å². The number of aliphatic hydroxyl groups excluding tert-OH is 2. The van der Waals surface area contributed by atoms with Gasteiger partial charge in [-0.05, 0) is 5.56 Å². The number of β-amino-alcohol motifs (C(OH)–C–C–N with tert-alkyl or cyclic N) is 1. The summed E-state index contributed by atoms with van der Waals surface area (Å²) in [6.45, 7) is 3.25. The van der Waals surface area contributed by atoms with Crippen LogP contribution in [0.15, 0.2) is 30.3 Å². The average Bonchev–Trinajstić information content (AvgIpc) is 2.36. The fraction of sp³-hybridized carbons (Fsp3) is 0.500. The van der Waals surface area contributed by atoms with E-state index in [0.29, 0.717) is 13.1 Å². The molecule has 1 saturated heterocycles. The van der Waals surface area contributed by atoms with Crippen molar-refractivity contribution in [1.82, 2.24) is 4.90 Å². The molecule has 1 aliphatic rings. The Labute approximate surface area is 117 Å². The lowest BCUT2D eigenvalue weighted by Gasteiger charge is -2.38. The summed E-state index contributed by atoms with van der Waals surface area (Å²) in [5, 5.41) is 19.5. The smallest absolute Gasteiger partial charge is 0.186 e. The minimum atomic E-state index is -0.832. The number of hydrogen-bond acceptors (Lipinski definition) is 5. The molecule has 0 amide bonds. The summed E-state index contributed by atoms with van der Waals surface area (Å²) >= 11 is 1.11. The van der Waals surface area contributed by atoms with Gasteiger partial charge >= 0.3 is 0 Å². The highest BCUT2D eigenvalue weighted by atomic mass is 32.2. The van der Waals surface area contributed by atoms with E-state index in [-0.39, 0.29) is 10.4 Å². The van der Waals surface area contributed by atoms with Crippen molar-refractivity contribution in [3.05, 3.63) is 35.9 Å². The van der Waals surface area contributed by atoms with Crippen LogP contribution in [0.5, 0.6) is 0 Å². The SMILES string of the molecule is CC(=O)S[C@H]1CN(Cc2ccccc2)C[C@H](O)[C@@H]1O. The first-order valence-electron chi connectivity index (χ1n) is 6.36. The Balaban J connectivity index is 2.00. The van der Waals surface area contributed by atoms with Crippen molar-refractivity contribution < 1.29 is 15.0 Å². The van der Waals surface area contributed by atoms with Crippen molar-refractivity contribution in [2.75, 3.05) is 13.1 Å². The van der Waals surface area contributed by atoms with Crippen LogP contribution in [-0.4, -0.2) is 50.8 Å². The van der Waals surface area contributed by atoms with Crippen LogP contribution in [0.2, 0.25) is 0 Å². The second-order valence-corrected chi connectivity index (χ2v) is 6.30. The molecule has 1 aromatic carbocycles. The normalized spacial score (nSPS) is 28.3. The number of carbonyl (C=O) groups is 1. The zero-order chi connectivity index (χ0) is 13.8. The van der Waals surface area contributed by atoms with Gasteiger partial charge in [-0.2, -0.15) is 0 Å². The number of likely N-dealkylation sites (tertiary alicyclic amines) is 1. The molecule has 104 valence electrons. The minimum absolute atomic E-state index is 0.0298. The summed E-state index contributed by atoms with van der Waals surface area (Å²) < 4.78 is 0. The Bertz CT molecular complexity index is 426. The summed E-state index contributed by atoms with van der Waals surface area (Å²) in [4.78, 5) is 13.3. The highest BCUT2D eigenvalue weighted by Gasteiger charge is 2.35. The van der Waals surface area contributed by atoms with E-state index >= 15 is 0 Å². The predicted octanol–water partition coefficient (Wildman–Crippen LogP) is 0.872. The Morgan fingerprint density at radius 1 is 1.32 bits per heavy atom. The lowest BCUT2D eigenvalue weighted by atomic mass is 10.0. The lowest BCUT2D eigenvalue weighted by Crippen LogP contribution is -2.53. The van der Waals surface area contributed by atoms with Gasteiger partial charge in [0.05, 0.1) is 17.5 Å². The molecule has 5 heteroatoms. The fourth-order valence-electron chi connectivity index (χ4n) is 2.35. The van der Waals surface area contributed by atoms with E-state index < -0.39 is 12.2 Å². The minimum Gasteiger partial charge on any atom is -0.389 e. The van der Waals surface area contributed by atoms with E-state index in [1.807, 2.05) is 30.3 Å². The number of aliphatic hydroxyl groups is 2. The van der Waals surface area contributed by atoms with Crippen LogP contribution in [0.25, 0.3) is 0 Å². The van der Waals surface area contributed by atoms with Crippen LogP contribution in [0.1, 0.15) is 12.5 Å². The maximum atomic E-state index is 11.2. The summed E-state index contributed by atoms with van der Waals surface area (Å²) in [5.74, 6) is 0. The van der Waals surface area contributed by atoms with Crippen molar-refractivity contribution >= 4 is 16.9 Å². The molecule has 3 atom stereocenters. The van der Waals surface area contributed by atoms with Crippen LogP contribution >= 0.6 is 11.8 Å². The molecule has 2 N–H and O–H groups in total. The highest BCUT2D eigenvalue weighted by Crippen LogP contribution is 2.25. The number of hydrogen-bond donors (Lipinski definition) is 2. The van der Waals surface area contributed by atoms with Crippen molar-refractivity contribution in [1.29, 1.82) is 0 Å². The van der Waals surface area contributed by atoms with E-state index in [4.69, 9.17) is 0 Å². The molecular formula is C14H19NO3S. The van der Waals surface area contributed by atoms with Gasteiger partial charge in [0.15, 0.2) is 5.12 Å². The van der Waals surface area contributed by atoms with E-state index in [2.05, 4.69) is 4.90 Å². The zero-order valence-electron chi connectivity index (χ0n) is 10.9. The maximum absolute atomic E-state index is 11.2. The standard InChI is InChI=1S/C14H19NO3S/c1-10(16)19-13-9-15(8-12(17)14(13)18)7-11-5-3-2-4-6-11/h2-6,12-14,17-18H,7-9H2,1H3/t12-,13-,14-/m0/s1. The molecule has 1 fully saturated rings. The fourth-order valence-corrected chi connectivity index (χ4v) is 3.38. The maximum Gasteiger partial charge on any atom is 0.186 e. The first kappa shape index (κ1) is 14.5. The van der Waals surface area contributed by atoms with Gasteiger partial charge in [-0.15, -0.1) is 0 Å². The number of benzene rings is 1. The number of piperidine rings is 1. The molecule has 0 saturated carbocycles. The monoisotopic (exact) mass is 281 g/mol. The zero-order valence-corrected chi connectivity index (χ0v) is 11.7. The van der Waals surface area contributed by atoms with Gasteiger partial charge in [0.2, 0.25) is 0 Å². The summed E-state index contributed by atoms with van der Waals surface area (Å²) in [6.07, 6.45) is -1.63. The molecule has 0 spiro atoms. The molecule has 1 aliphatic heterocycles. The number of nitrogens with zero attached hydrogens (tertiary/aromatic N) is 1. The van der Waals surface area contributed by atoms with Gasteiger partial charge in [0.25, 0.3) is 0 Å². The second kappa shape index (κ2) is 6.52. The third kappa shape index (κ3) is 4.04. The molecule has 0 aliphatic carbocycles. The number of thioether (sulfide) groups is 1. The summed E-state index contributed by atoms with van der Waals surface area (Å²) in [7, 11) is 0. The Morgan fingerprint density at radius 2 is 2.00 bits per heavy atom. The molecule has 0 radical (unpaired) electrons. The van der Waals surface area contributed by atoms with Crippen molar-refractivity contribution in [3.8, 4) is 0 Å². The van der Waals surface area contributed by atoms with Gasteiger partial charge in [-0.25, -0.2) is 0 Å². The summed E-state index contributed by atoms with van der Waals surface area (Å²) in [5.41, 5.74) is 1.16. The molecule has 4 nitrogen and oxygen atoms in total. The lowest BCUT2D eigenvalue weighted by molar-refractivity contribution is -0.109. The molecule has 0 bridgehead atoms. The molecule has 0 aromatic heterocycles. The second-order valence-electron chi connectivity index (χ2n) is 4.89. The molecular weight excluding hydrogens is 262 g/mol. The van der Waals surface area contributed by atoms with Crippen molar-refractivity contribution in [3.63, 3.8) is 0 Å². The van der Waals surface area contributed by atoms with E-state index in [1.165, 1.54) is 6.92 Å². The van der Waals surface area contributed by atoms with Gasteiger partial charge in [0.1, 0.15) is 0 Å². The summed E-state index contributed by atoms with van der Waals surface area (Å²) in [6, 6.07) is 9.99. The third-order valence-electron chi connectivity index (χ3n) is 3.22. The first-order valence-corrected chi connectivity index (χ1v) is 7.24. The first-order chi connectivity index (χ1) is 9.06. The van der Waals surface area contributed by atoms with Gasteiger partial charge in [-0.3, -0.25) is 9.69 Å². The van der Waals surface area contributed by atoms with Crippen molar-refractivity contribution in [2.45, 2.75) is 30.9 Å². The van der Waals surface area contributed by atoms with E-state index in [9.17, 15) is 15.0 Å². The van der Waals surface area contributed by atoms with E-state index in [1.54, 1.807) is 0 Å². The molecule has 1 heterocycles. The number of carbonyl (C=O) groups excluding carboxylic acids is 1. The van der Waals surface area contributed by atoms with Gasteiger partial charge < -0.3 is 10.2 Å². The average molecular weight is 281 g/mol. The third-order valence-corrected chi connectivity index (χ3v) is 4.29. The Kier molecular flexibility index (Phi) is 4.99. The molecule has 2 rings (SSSR count).